The average Bonchev–Trinajstić information content (AvgIpc) is 2.74. The molecule has 0 amide bonds. The molecule has 4 rings (SSSR count). The molecule has 1 aromatic heterocycles. The van der Waals surface area contributed by atoms with Crippen LogP contribution in [-0.4, -0.2) is 56.0 Å². The van der Waals surface area contributed by atoms with Crippen LogP contribution in [0.1, 0.15) is 11.1 Å². The van der Waals surface area contributed by atoms with E-state index in [2.05, 4.69) is 44.3 Å². The van der Waals surface area contributed by atoms with Gasteiger partial charge in [0.15, 0.2) is 0 Å². The summed E-state index contributed by atoms with van der Waals surface area (Å²) < 4.78 is 14.4. The number of anilines is 3. The molecule has 0 saturated carbocycles. The van der Waals surface area contributed by atoms with E-state index in [1.54, 1.807) is 13.1 Å². The van der Waals surface area contributed by atoms with Gasteiger partial charge in [-0.05, 0) is 49.9 Å². The fourth-order valence-electron chi connectivity index (χ4n) is 3.98. The van der Waals surface area contributed by atoms with Crippen LogP contribution in [0.15, 0.2) is 46.2 Å². The summed E-state index contributed by atoms with van der Waals surface area (Å²) in [4.78, 5) is 24.4. The predicted octanol–water partition coefficient (Wildman–Crippen LogP) is 2.80. The number of amidine groups is 1. The summed E-state index contributed by atoms with van der Waals surface area (Å²) in [6.45, 7) is 6.04. The number of hydrogen-bond donors (Lipinski definition) is 3. The van der Waals surface area contributed by atoms with Crippen molar-refractivity contribution >= 4 is 33.8 Å². The molecule has 1 fully saturated rings. The van der Waals surface area contributed by atoms with Crippen LogP contribution in [0.5, 0.6) is 0 Å². The van der Waals surface area contributed by atoms with E-state index in [1.165, 1.54) is 12.1 Å². The largest absolute Gasteiger partial charge is 0.397 e. The molecule has 0 radical (unpaired) electrons. The number of nitrogens with one attached hydrogen (secondary N) is 2. The summed E-state index contributed by atoms with van der Waals surface area (Å²) in [7, 11) is 3.70. The number of H-pyrrole nitrogens is 1. The van der Waals surface area contributed by atoms with Crippen LogP contribution in [-0.2, 0) is 0 Å². The normalized spacial score (nSPS) is 15.5. The zero-order valence-corrected chi connectivity index (χ0v) is 18.0. The minimum Gasteiger partial charge on any atom is -0.397 e. The summed E-state index contributed by atoms with van der Waals surface area (Å²) >= 11 is 0. The number of aliphatic imine (C=N–C) groups is 1. The summed E-state index contributed by atoms with van der Waals surface area (Å²) in [5, 5.41) is 3.40. The molecule has 1 saturated heterocycles. The molecule has 31 heavy (non-hydrogen) atoms. The van der Waals surface area contributed by atoms with Crippen LogP contribution in [0.2, 0.25) is 0 Å². The Morgan fingerprint density at radius 1 is 1.19 bits per heavy atom. The topological polar surface area (TPSA) is 89.8 Å². The second-order valence-corrected chi connectivity index (χ2v) is 7.89. The van der Waals surface area contributed by atoms with Crippen LogP contribution in [0.4, 0.5) is 21.5 Å². The van der Waals surface area contributed by atoms with Crippen molar-refractivity contribution in [2.24, 2.45) is 4.99 Å². The third-order valence-corrected chi connectivity index (χ3v) is 5.82. The smallest absolute Gasteiger partial charge is 0.261 e. The molecule has 0 bridgehead atoms. The van der Waals surface area contributed by atoms with Crippen LogP contribution >= 0.6 is 0 Å². The molecule has 3 aromatic rings. The van der Waals surface area contributed by atoms with E-state index in [0.717, 1.165) is 43.1 Å². The van der Waals surface area contributed by atoms with Crippen LogP contribution in [0.3, 0.4) is 0 Å². The third-order valence-electron chi connectivity index (χ3n) is 5.82. The lowest BCUT2D eigenvalue weighted by molar-refractivity contribution is 0.313. The number of halogens is 1. The summed E-state index contributed by atoms with van der Waals surface area (Å²) in [5.41, 5.74) is 9.35. The molecular formula is C23H27FN6O. The first-order valence-corrected chi connectivity index (χ1v) is 10.3. The molecule has 1 aliphatic rings. The van der Waals surface area contributed by atoms with Crippen LogP contribution in [0.25, 0.3) is 10.9 Å². The van der Waals surface area contributed by atoms with Crippen LogP contribution in [0, 0.1) is 12.7 Å². The van der Waals surface area contributed by atoms with Crippen molar-refractivity contribution in [2.45, 2.75) is 6.92 Å². The number of aromatic amines is 1. The molecule has 0 atom stereocenters. The fourth-order valence-corrected chi connectivity index (χ4v) is 3.98. The maximum absolute atomic E-state index is 14.4. The Bertz CT molecular complexity index is 1210. The van der Waals surface area contributed by atoms with Crippen molar-refractivity contribution < 1.29 is 4.39 Å². The molecule has 0 unspecified atom stereocenters. The molecule has 0 aliphatic carbocycles. The van der Waals surface area contributed by atoms with Crippen molar-refractivity contribution in [3.63, 3.8) is 0 Å². The van der Waals surface area contributed by atoms with Gasteiger partial charge < -0.3 is 25.8 Å². The molecular weight excluding hydrogens is 395 g/mol. The first kappa shape index (κ1) is 20.9. The van der Waals surface area contributed by atoms with Gasteiger partial charge in [-0.25, -0.2) is 4.39 Å². The Morgan fingerprint density at radius 2 is 1.94 bits per heavy atom. The number of fused-ring (bicyclic) bond motifs is 1. The van der Waals surface area contributed by atoms with E-state index in [1.807, 2.05) is 13.0 Å². The lowest BCUT2D eigenvalue weighted by Gasteiger charge is -2.34. The predicted molar refractivity (Wildman–Crippen MR) is 126 cm³/mol. The number of likely N-dealkylation sites (N-methyl/N-ethyl adjacent to an activating group) is 1. The van der Waals surface area contributed by atoms with E-state index in [-0.39, 0.29) is 16.6 Å². The van der Waals surface area contributed by atoms with Gasteiger partial charge in [-0.3, -0.25) is 9.79 Å². The number of hydrogen-bond acceptors (Lipinski definition) is 5. The van der Waals surface area contributed by atoms with Gasteiger partial charge in [0.1, 0.15) is 17.2 Å². The van der Waals surface area contributed by atoms with Gasteiger partial charge in [-0.15, -0.1) is 0 Å². The zero-order chi connectivity index (χ0) is 22.1. The van der Waals surface area contributed by atoms with Crippen molar-refractivity contribution in [2.75, 3.05) is 56.2 Å². The first-order chi connectivity index (χ1) is 14.9. The number of aromatic nitrogens is 1. The molecule has 2 aromatic carbocycles. The highest BCUT2D eigenvalue weighted by atomic mass is 19.1. The van der Waals surface area contributed by atoms with Crippen molar-refractivity contribution in [3.8, 4) is 0 Å². The highest BCUT2D eigenvalue weighted by Gasteiger charge is 2.19. The lowest BCUT2D eigenvalue weighted by atomic mass is 10.1. The number of aryl methyl sites for hydroxylation is 1. The van der Waals surface area contributed by atoms with E-state index in [4.69, 9.17) is 5.73 Å². The van der Waals surface area contributed by atoms with Crippen molar-refractivity contribution in [1.82, 2.24) is 9.88 Å². The molecule has 7 nitrogen and oxygen atoms in total. The van der Waals surface area contributed by atoms with Gasteiger partial charge in [-0.2, -0.15) is 0 Å². The Morgan fingerprint density at radius 3 is 2.61 bits per heavy atom. The van der Waals surface area contributed by atoms with Crippen molar-refractivity contribution in [1.29, 1.82) is 0 Å². The minimum absolute atomic E-state index is 0.0664. The average molecular weight is 423 g/mol. The maximum Gasteiger partial charge on any atom is 0.261 e. The highest BCUT2D eigenvalue weighted by Crippen LogP contribution is 2.27. The van der Waals surface area contributed by atoms with Gasteiger partial charge in [0.2, 0.25) is 0 Å². The second kappa shape index (κ2) is 8.39. The van der Waals surface area contributed by atoms with E-state index in [9.17, 15) is 9.18 Å². The Labute approximate surface area is 180 Å². The minimum atomic E-state index is -0.490. The number of pyridine rings is 1. The fraction of sp³-hybridized carbons (Fsp3) is 0.304. The van der Waals surface area contributed by atoms with Crippen molar-refractivity contribution in [3.05, 3.63) is 63.7 Å². The number of benzene rings is 2. The first-order valence-electron chi connectivity index (χ1n) is 10.3. The van der Waals surface area contributed by atoms with Gasteiger partial charge in [0, 0.05) is 44.6 Å². The molecule has 2 heterocycles. The summed E-state index contributed by atoms with van der Waals surface area (Å²) in [6.07, 6.45) is 0. The number of nitrogen functional groups attached to an aromatic ring is 1. The molecule has 1 aliphatic heterocycles. The Balaban J connectivity index is 1.66. The summed E-state index contributed by atoms with van der Waals surface area (Å²) in [6, 6.07) is 10.6. The van der Waals surface area contributed by atoms with E-state index < -0.39 is 11.4 Å². The number of piperazine rings is 1. The Hall–Kier alpha value is -3.39. The van der Waals surface area contributed by atoms with Gasteiger partial charge in [-0.1, -0.05) is 6.07 Å². The molecule has 4 N–H and O–H groups in total. The zero-order valence-electron chi connectivity index (χ0n) is 18.0. The Kier molecular flexibility index (Phi) is 5.65. The van der Waals surface area contributed by atoms with Gasteiger partial charge >= 0.3 is 0 Å². The molecule has 8 heteroatoms. The lowest BCUT2D eigenvalue weighted by Crippen LogP contribution is -2.44. The highest BCUT2D eigenvalue weighted by molar-refractivity contribution is 6.14. The number of nitrogens with two attached hydrogens (primary N) is 1. The maximum atomic E-state index is 14.4. The molecule has 162 valence electrons. The second-order valence-electron chi connectivity index (χ2n) is 7.89. The number of rotatable bonds is 3. The van der Waals surface area contributed by atoms with Gasteiger partial charge in [0.25, 0.3) is 5.56 Å². The molecule has 0 spiro atoms. The standard InChI is InChI=1S/C23H27FN6O/c1-14-13-15(30-11-9-29(3)10-12-30)7-8-17(14)27-22(26-2)20-21(25)19-16(24)5-4-6-18(19)28-23(20)31/h4-8,13H,9-12H2,1-3H3,(H,26,27)(H3,25,28,31). The number of nitrogens with zero attached hydrogens (tertiary/aromatic N) is 3. The quantitative estimate of drug-likeness (QED) is 0.446. The van der Waals surface area contributed by atoms with E-state index >= 15 is 0 Å². The van der Waals surface area contributed by atoms with E-state index in [0.29, 0.717) is 11.4 Å². The third kappa shape index (κ3) is 3.98. The van der Waals surface area contributed by atoms with Gasteiger partial charge in [0.05, 0.1) is 16.6 Å². The SMILES string of the molecule is CN=C(Nc1ccc(N2CCN(C)CC2)cc1C)c1c(N)c2c(F)cccc2[nH]c1=O. The van der Waals surface area contributed by atoms with Crippen LogP contribution < -0.4 is 21.5 Å². The monoisotopic (exact) mass is 422 g/mol. The summed E-state index contributed by atoms with van der Waals surface area (Å²) in [5.74, 6) is -0.199.